The molecule has 0 aromatic rings. The van der Waals surface area contributed by atoms with Crippen molar-refractivity contribution in [3.05, 3.63) is 0 Å². The van der Waals surface area contributed by atoms with Crippen LogP contribution < -0.4 is 5.32 Å². The lowest BCUT2D eigenvalue weighted by molar-refractivity contribution is -0.138. The zero-order valence-corrected chi connectivity index (χ0v) is 19.7. The molecule has 5 heteroatoms. The van der Waals surface area contributed by atoms with Crippen molar-refractivity contribution in [1.29, 1.82) is 0 Å². The number of fused-ring (bicyclic) bond motifs is 5. The van der Waals surface area contributed by atoms with Gasteiger partial charge in [0.2, 0.25) is 5.91 Å². The quantitative estimate of drug-likeness (QED) is 0.570. The molecule has 31 heavy (non-hydrogen) atoms. The minimum absolute atomic E-state index is 0.0760. The molecule has 4 aliphatic carbocycles. The topological polar surface area (TPSA) is 86.6 Å². The fourth-order valence-electron chi connectivity index (χ4n) is 9.03. The van der Waals surface area contributed by atoms with E-state index in [0.717, 1.165) is 37.0 Å². The van der Waals surface area contributed by atoms with Crippen LogP contribution in [0, 0.1) is 46.3 Å². The summed E-state index contributed by atoms with van der Waals surface area (Å²) in [5.41, 5.74) is 0.810. The zero-order chi connectivity index (χ0) is 22.4. The van der Waals surface area contributed by atoms with Crippen LogP contribution in [0.1, 0.15) is 91.4 Å². The molecule has 1 amide bonds. The van der Waals surface area contributed by atoms with Gasteiger partial charge in [0.05, 0.1) is 6.10 Å². The summed E-state index contributed by atoms with van der Waals surface area (Å²) < 4.78 is 0. The molecule has 4 rings (SSSR count). The highest BCUT2D eigenvalue weighted by atomic mass is 16.4. The molecular weight excluding hydrogens is 390 g/mol. The van der Waals surface area contributed by atoms with Gasteiger partial charge < -0.3 is 15.5 Å². The zero-order valence-electron chi connectivity index (χ0n) is 19.7. The van der Waals surface area contributed by atoms with Gasteiger partial charge in [-0.3, -0.25) is 9.59 Å². The van der Waals surface area contributed by atoms with E-state index in [9.17, 15) is 14.7 Å². The van der Waals surface area contributed by atoms with Gasteiger partial charge in [-0.15, -0.1) is 0 Å². The van der Waals surface area contributed by atoms with Crippen LogP contribution in [-0.4, -0.2) is 34.7 Å². The first kappa shape index (κ1) is 23.1. The molecule has 0 spiro atoms. The third-order valence-electron chi connectivity index (χ3n) is 10.7. The Labute approximate surface area is 187 Å². The first-order valence-corrected chi connectivity index (χ1v) is 12.8. The second-order valence-corrected chi connectivity index (χ2v) is 12.0. The molecule has 0 heterocycles. The smallest absolute Gasteiger partial charge is 0.322 e. The highest BCUT2D eigenvalue weighted by Gasteiger charge is 2.60. The maximum absolute atomic E-state index is 12.0. The highest BCUT2D eigenvalue weighted by molar-refractivity contribution is 5.81. The van der Waals surface area contributed by atoms with E-state index in [1.165, 1.54) is 44.9 Å². The number of carbonyl (C=O) groups excluding carboxylic acids is 1. The maximum Gasteiger partial charge on any atom is 0.322 e. The molecular formula is C26H43NO4. The van der Waals surface area contributed by atoms with E-state index in [0.29, 0.717) is 35.0 Å². The van der Waals surface area contributed by atoms with Crippen LogP contribution in [0.5, 0.6) is 0 Å². The van der Waals surface area contributed by atoms with Crippen LogP contribution in [0.25, 0.3) is 0 Å². The van der Waals surface area contributed by atoms with E-state index in [1.807, 2.05) is 0 Å². The fourth-order valence-corrected chi connectivity index (χ4v) is 9.03. The number of carboxylic acids is 1. The van der Waals surface area contributed by atoms with Crippen molar-refractivity contribution in [3.8, 4) is 0 Å². The Bertz CT molecular complexity index is 695. The van der Waals surface area contributed by atoms with Gasteiger partial charge in [-0.05, 0) is 111 Å². The van der Waals surface area contributed by atoms with E-state index < -0.39 is 5.97 Å². The fraction of sp³-hybridized carbons (Fsp3) is 0.923. The van der Waals surface area contributed by atoms with Gasteiger partial charge in [-0.25, -0.2) is 0 Å². The van der Waals surface area contributed by atoms with Gasteiger partial charge in [-0.2, -0.15) is 0 Å². The first-order chi connectivity index (χ1) is 14.6. The Hall–Kier alpha value is -1.10. The normalized spacial score (nSPS) is 45.2. The van der Waals surface area contributed by atoms with Crippen LogP contribution in [0.3, 0.4) is 0 Å². The molecule has 9 atom stereocenters. The number of carboxylic acid groups (broad SMARTS) is 1. The first-order valence-electron chi connectivity index (χ1n) is 12.8. The summed E-state index contributed by atoms with van der Waals surface area (Å²) in [6.07, 6.45) is 12.3. The van der Waals surface area contributed by atoms with E-state index in [1.54, 1.807) is 0 Å². The van der Waals surface area contributed by atoms with Gasteiger partial charge in [0.25, 0.3) is 0 Å². The average molecular weight is 434 g/mol. The number of aliphatic hydroxyl groups is 1. The van der Waals surface area contributed by atoms with Gasteiger partial charge in [0.1, 0.15) is 6.54 Å². The summed E-state index contributed by atoms with van der Waals surface area (Å²) in [4.78, 5) is 22.7. The molecule has 0 radical (unpaired) electrons. The molecule has 0 aliphatic heterocycles. The van der Waals surface area contributed by atoms with Crippen LogP contribution in [0.4, 0.5) is 0 Å². The van der Waals surface area contributed by atoms with Crippen molar-refractivity contribution < 1.29 is 19.8 Å². The minimum atomic E-state index is -0.986. The van der Waals surface area contributed by atoms with E-state index in [-0.39, 0.29) is 18.6 Å². The molecule has 0 unspecified atom stereocenters. The molecule has 4 aliphatic rings. The summed E-state index contributed by atoms with van der Waals surface area (Å²) >= 11 is 0. The van der Waals surface area contributed by atoms with Crippen molar-refractivity contribution in [2.24, 2.45) is 46.3 Å². The largest absolute Gasteiger partial charge is 0.480 e. The Morgan fingerprint density at radius 2 is 1.71 bits per heavy atom. The summed E-state index contributed by atoms with van der Waals surface area (Å²) in [6, 6.07) is 0. The summed E-state index contributed by atoms with van der Waals surface area (Å²) in [6.45, 7) is 7.13. The number of aliphatic hydroxyl groups excluding tert-OH is 1. The van der Waals surface area contributed by atoms with Gasteiger partial charge in [0.15, 0.2) is 0 Å². The Morgan fingerprint density at radius 3 is 2.45 bits per heavy atom. The van der Waals surface area contributed by atoms with Crippen LogP contribution in [0.15, 0.2) is 0 Å². The molecule has 0 aromatic heterocycles. The summed E-state index contributed by atoms with van der Waals surface area (Å²) in [5.74, 6) is 3.23. The Kier molecular flexibility index (Phi) is 6.46. The standard InChI is InChI=1S/C26H43NO4/c1-16(4-9-23(29)27-15-24(30)31)20-7-8-21-19-6-5-17-14-18(28)10-12-25(17,2)22(19)11-13-26(20,21)3/h16-22,28H,4-15H2,1-3H3,(H,27,29)(H,30,31)/t16-,17+,18-,19-,20-,21-,22+,25+,26-/m1/s1. The van der Waals surface area contributed by atoms with Crippen molar-refractivity contribution in [1.82, 2.24) is 5.32 Å². The van der Waals surface area contributed by atoms with Gasteiger partial charge in [0, 0.05) is 6.42 Å². The average Bonchev–Trinajstić information content (AvgIpc) is 3.08. The molecule has 4 saturated carbocycles. The van der Waals surface area contributed by atoms with Gasteiger partial charge in [-0.1, -0.05) is 20.8 Å². The number of amides is 1. The molecule has 3 N–H and O–H groups in total. The predicted molar refractivity (Wildman–Crippen MR) is 120 cm³/mol. The van der Waals surface area contributed by atoms with Crippen LogP contribution in [-0.2, 0) is 9.59 Å². The number of hydrogen-bond donors (Lipinski definition) is 3. The molecule has 176 valence electrons. The Morgan fingerprint density at radius 1 is 1.00 bits per heavy atom. The second kappa shape index (κ2) is 8.68. The van der Waals surface area contributed by atoms with Crippen LogP contribution in [0.2, 0.25) is 0 Å². The van der Waals surface area contributed by atoms with E-state index >= 15 is 0 Å². The van der Waals surface area contributed by atoms with Crippen molar-refractivity contribution in [3.63, 3.8) is 0 Å². The third-order valence-corrected chi connectivity index (χ3v) is 10.7. The van der Waals surface area contributed by atoms with Crippen LogP contribution >= 0.6 is 0 Å². The number of carbonyl (C=O) groups is 2. The molecule has 0 saturated heterocycles. The van der Waals surface area contributed by atoms with E-state index in [4.69, 9.17) is 5.11 Å². The van der Waals surface area contributed by atoms with E-state index in [2.05, 4.69) is 26.1 Å². The number of rotatable bonds is 6. The van der Waals surface area contributed by atoms with Gasteiger partial charge >= 0.3 is 5.97 Å². The Balaban J connectivity index is 1.40. The predicted octanol–water partition coefficient (Wildman–Crippen LogP) is 4.62. The second-order valence-electron chi connectivity index (χ2n) is 12.0. The molecule has 0 aromatic carbocycles. The maximum atomic E-state index is 12.0. The number of hydrogen-bond acceptors (Lipinski definition) is 3. The number of aliphatic carboxylic acids is 1. The third kappa shape index (κ3) is 4.16. The molecule has 0 bridgehead atoms. The highest BCUT2D eigenvalue weighted by Crippen LogP contribution is 2.68. The number of nitrogens with one attached hydrogen (secondary N) is 1. The lowest BCUT2D eigenvalue weighted by Gasteiger charge is -2.61. The minimum Gasteiger partial charge on any atom is -0.480 e. The monoisotopic (exact) mass is 433 g/mol. The van der Waals surface area contributed by atoms with Crippen molar-refractivity contribution >= 4 is 11.9 Å². The van der Waals surface area contributed by atoms with Crippen molar-refractivity contribution in [2.45, 2.75) is 97.5 Å². The molecule has 5 nitrogen and oxygen atoms in total. The molecule has 4 fully saturated rings. The summed E-state index contributed by atoms with van der Waals surface area (Å²) in [7, 11) is 0. The van der Waals surface area contributed by atoms with Crippen molar-refractivity contribution in [2.75, 3.05) is 6.54 Å². The SMILES string of the molecule is C[C@H](CCC(=O)NCC(=O)O)[C@H]1CC[C@@H]2[C@H]3CC[C@H]4C[C@H](O)CC[C@]4(C)[C@H]3CC[C@@]21C. The lowest BCUT2D eigenvalue weighted by atomic mass is 9.44. The summed E-state index contributed by atoms with van der Waals surface area (Å²) in [5, 5.41) is 21.5. The lowest BCUT2D eigenvalue weighted by Crippen LogP contribution is -2.54.